The van der Waals surface area contributed by atoms with Crippen LogP contribution in [-0.4, -0.2) is 12.3 Å². The molecule has 3 nitrogen and oxygen atoms in total. The van der Waals surface area contributed by atoms with Crippen molar-refractivity contribution in [2.45, 2.75) is 0 Å². The molecule has 3 aromatic rings. The topological polar surface area (TPSA) is 41.8 Å². The number of Topliss-reactive ketones (excluding diaryl/α,β-unsaturated/α-hetero) is 1. The molecule has 0 atom stereocenters. The predicted molar refractivity (Wildman–Crippen MR) is 75.2 cm³/mol. The van der Waals surface area contributed by atoms with Crippen molar-refractivity contribution in [3.8, 4) is 0 Å². The zero-order valence-electron chi connectivity index (χ0n) is 10.1. The minimum absolute atomic E-state index is 0.0417. The normalized spacial score (nSPS) is 14.0. The molecule has 0 aromatic heterocycles. The van der Waals surface area contributed by atoms with Gasteiger partial charge in [-0.1, -0.05) is 42.5 Å². The van der Waals surface area contributed by atoms with E-state index < -0.39 is 0 Å². The van der Waals surface area contributed by atoms with Gasteiger partial charge in [-0.2, -0.15) is 10.2 Å². The molecule has 0 fully saturated rings. The minimum Gasteiger partial charge on any atom is -0.292 e. The lowest BCUT2D eigenvalue weighted by Gasteiger charge is -2.12. The van der Waals surface area contributed by atoms with Crippen LogP contribution >= 0.6 is 0 Å². The Bertz CT molecular complexity index is 865. The first-order valence-electron chi connectivity index (χ1n) is 6.20. The first kappa shape index (κ1) is 10.4. The second-order valence-corrected chi connectivity index (χ2v) is 4.67. The fourth-order valence-electron chi connectivity index (χ4n) is 2.66. The first-order valence-corrected chi connectivity index (χ1v) is 6.20. The molecular formula is C16H10N2O. The van der Waals surface area contributed by atoms with Gasteiger partial charge in [-0.3, -0.25) is 4.79 Å². The Labute approximate surface area is 109 Å². The van der Waals surface area contributed by atoms with Crippen molar-refractivity contribution in [1.82, 2.24) is 0 Å². The lowest BCUT2D eigenvalue weighted by molar-refractivity contribution is 0.0998. The third-order valence-electron chi connectivity index (χ3n) is 3.58. The molecule has 0 bridgehead atoms. The van der Waals surface area contributed by atoms with E-state index >= 15 is 0 Å². The van der Waals surface area contributed by atoms with Crippen LogP contribution in [0.5, 0.6) is 0 Å². The molecule has 3 heteroatoms. The van der Waals surface area contributed by atoms with E-state index in [1.807, 2.05) is 30.3 Å². The van der Waals surface area contributed by atoms with Gasteiger partial charge in [-0.15, -0.1) is 0 Å². The van der Waals surface area contributed by atoms with E-state index in [0.717, 1.165) is 10.8 Å². The second kappa shape index (κ2) is 3.72. The smallest absolute Gasteiger partial charge is 0.188 e. The van der Waals surface area contributed by atoms with E-state index in [0.29, 0.717) is 11.3 Å². The third kappa shape index (κ3) is 1.41. The van der Waals surface area contributed by atoms with Gasteiger partial charge in [0.25, 0.3) is 0 Å². The average molecular weight is 246 g/mol. The van der Waals surface area contributed by atoms with Crippen molar-refractivity contribution in [2.24, 2.45) is 10.2 Å². The van der Waals surface area contributed by atoms with Crippen LogP contribution in [0.2, 0.25) is 0 Å². The predicted octanol–water partition coefficient (Wildman–Crippen LogP) is 4.27. The van der Waals surface area contributed by atoms with Gasteiger partial charge in [0, 0.05) is 10.9 Å². The number of carbonyl (C=O) groups is 1. The van der Waals surface area contributed by atoms with E-state index in [-0.39, 0.29) is 12.3 Å². The summed E-state index contributed by atoms with van der Waals surface area (Å²) in [5.74, 6) is 0.0417. The van der Waals surface area contributed by atoms with Gasteiger partial charge in [0.2, 0.25) is 0 Å². The highest BCUT2D eigenvalue weighted by Gasteiger charge is 2.18. The van der Waals surface area contributed by atoms with Crippen LogP contribution in [0.15, 0.2) is 58.8 Å². The van der Waals surface area contributed by atoms with Gasteiger partial charge >= 0.3 is 0 Å². The molecule has 3 aromatic carbocycles. The molecule has 0 amide bonds. The maximum Gasteiger partial charge on any atom is 0.188 e. The Morgan fingerprint density at radius 1 is 0.842 bits per heavy atom. The lowest BCUT2D eigenvalue weighted by atomic mass is 9.96. The number of rotatable bonds is 0. The van der Waals surface area contributed by atoms with Crippen LogP contribution in [0.4, 0.5) is 5.69 Å². The lowest BCUT2D eigenvalue weighted by Crippen LogP contribution is -2.06. The fourth-order valence-corrected chi connectivity index (χ4v) is 2.66. The number of hydrogen-bond donors (Lipinski definition) is 0. The number of benzene rings is 3. The summed E-state index contributed by atoms with van der Waals surface area (Å²) in [4.78, 5) is 11.8. The van der Waals surface area contributed by atoms with Crippen molar-refractivity contribution >= 4 is 33.0 Å². The molecule has 0 saturated heterocycles. The SMILES string of the molecule is O=C1CN=Nc2c1ccc1c2ccc2ccccc21. The second-order valence-electron chi connectivity index (χ2n) is 4.67. The molecule has 19 heavy (non-hydrogen) atoms. The third-order valence-corrected chi connectivity index (χ3v) is 3.58. The van der Waals surface area contributed by atoms with E-state index in [4.69, 9.17) is 0 Å². The maximum absolute atomic E-state index is 11.8. The minimum atomic E-state index is 0.0417. The van der Waals surface area contributed by atoms with Crippen molar-refractivity contribution in [3.63, 3.8) is 0 Å². The summed E-state index contributed by atoms with van der Waals surface area (Å²) in [6.45, 7) is 0.159. The molecular weight excluding hydrogens is 236 g/mol. The fraction of sp³-hybridized carbons (Fsp3) is 0.0625. The number of carbonyl (C=O) groups excluding carboxylic acids is 1. The molecule has 0 aliphatic carbocycles. The Kier molecular flexibility index (Phi) is 2.03. The van der Waals surface area contributed by atoms with Crippen LogP contribution in [-0.2, 0) is 0 Å². The molecule has 0 unspecified atom stereocenters. The highest BCUT2D eigenvalue weighted by molar-refractivity contribution is 6.16. The van der Waals surface area contributed by atoms with E-state index in [2.05, 4.69) is 28.4 Å². The number of azo groups is 1. The van der Waals surface area contributed by atoms with Gasteiger partial charge in [-0.05, 0) is 22.2 Å². The maximum atomic E-state index is 11.8. The monoisotopic (exact) mass is 246 g/mol. The Balaban J connectivity index is 2.20. The molecule has 0 N–H and O–H groups in total. The molecule has 0 spiro atoms. The molecule has 1 aliphatic rings. The molecule has 0 saturated carbocycles. The van der Waals surface area contributed by atoms with E-state index in [1.165, 1.54) is 10.8 Å². The van der Waals surface area contributed by atoms with Crippen molar-refractivity contribution in [1.29, 1.82) is 0 Å². The van der Waals surface area contributed by atoms with Crippen LogP contribution in [0.25, 0.3) is 21.5 Å². The van der Waals surface area contributed by atoms with Crippen LogP contribution in [0.1, 0.15) is 10.4 Å². The number of nitrogens with zero attached hydrogens (tertiary/aromatic N) is 2. The summed E-state index contributed by atoms with van der Waals surface area (Å²) in [7, 11) is 0. The standard InChI is InChI=1S/C16H10N2O/c19-15-9-17-18-16-13-6-5-10-3-1-2-4-11(10)12(13)7-8-14(15)16/h1-8H,9H2. The molecule has 0 radical (unpaired) electrons. The molecule has 1 aliphatic heterocycles. The van der Waals surface area contributed by atoms with Crippen LogP contribution < -0.4 is 0 Å². The zero-order valence-corrected chi connectivity index (χ0v) is 10.1. The quantitative estimate of drug-likeness (QED) is 0.546. The number of ketones is 1. The van der Waals surface area contributed by atoms with Gasteiger partial charge < -0.3 is 0 Å². The summed E-state index contributed by atoms with van der Waals surface area (Å²) in [6.07, 6.45) is 0. The van der Waals surface area contributed by atoms with Gasteiger partial charge in [0.1, 0.15) is 12.2 Å². The molecule has 1 heterocycles. The van der Waals surface area contributed by atoms with Gasteiger partial charge in [0.15, 0.2) is 5.78 Å². The highest BCUT2D eigenvalue weighted by Crippen LogP contribution is 2.36. The van der Waals surface area contributed by atoms with Crippen LogP contribution in [0, 0.1) is 0 Å². The van der Waals surface area contributed by atoms with Gasteiger partial charge in [-0.25, -0.2) is 0 Å². The van der Waals surface area contributed by atoms with Crippen molar-refractivity contribution in [2.75, 3.05) is 6.54 Å². The first-order chi connectivity index (χ1) is 9.34. The zero-order chi connectivity index (χ0) is 12.8. The summed E-state index contributed by atoms with van der Waals surface area (Å²) in [5.41, 5.74) is 1.39. The highest BCUT2D eigenvalue weighted by atomic mass is 16.1. The molecule has 90 valence electrons. The van der Waals surface area contributed by atoms with Crippen molar-refractivity contribution < 1.29 is 4.79 Å². The summed E-state index contributed by atoms with van der Waals surface area (Å²) >= 11 is 0. The Morgan fingerprint density at radius 2 is 1.68 bits per heavy atom. The van der Waals surface area contributed by atoms with Crippen LogP contribution in [0.3, 0.4) is 0 Å². The summed E-state index contributed by atoms with van der Waals surface area (Å²) < 4.78 is 0. The number of hydrogen-bond acceptors (Lipinski definition) is 3. The number of fused-ring (bicyclic) bond motifs is 5. The van der Waals surface area contributed by atoms with E-state index in [9.17, 15) is 4.79 Å². The average Bonchev–Trinajstić information content (AvgIpc) is 2.47. The Morgan fingerprint density at radius 3 is 2.63 bits per heavy atom. The Hall–Kier alpha value is -2.55. The summed E-state index contributed by atoms with van der Waals surface area (Å²) in [5, 5.41) is 12.6. The molecule has 4 rings (SSSR count). The van der Waals surface area contributed by atoms with Crippen molar-refractivity contribution in [3.05, 3.63) is 54.1 Å². The summed E-state index contributed by atoms with van der Waals surface area (Å²) in [6, 6.07) is 16.2. The van der Waals surface area contributed by atoms with Gasteiger partial charge in [0.05, 0.1) is 0 Å². The van der Waals surface area contributed by atoms with E-state index in [1.54, 1.807) is 0 Å². The largest absolute Gasteiger partial charge is 0.292 e.